The van der Waals surface area contributed by atoms with E-state index < -0.39 is 0 Å². The van der Waals surface area contributed by atoms with Gasteiger partial charge in [0.2, 0.25) is 0 Å². The topological polar surface area (TPSA) is 30.7 Å². The van der Waals surface area contributed by atoms with E-state index in [0.29, 0.717) is 0 Å². The Labute approximate surface area is 126 Å². The molecule has 0 spiro atoms. The predicted octanol–water partition coefficient (Wildman–Crippen LogP) is 3.18. The van der Waals surface area contributed by atoms with Gasteiger partial charge in [0, 0.05) is 0 Å². The third-order valence-corrected chi connectivity index (χ3v) is 4.55. The number of aromatic nitrogens is 3. The van der Waals surface area contributed by atoms with Crippen molar-refractivity contribution in [1.29, 1.82) is 0 Å². The van der Waals surface area contributed by atoms with E-state index in [4.69, 9.17) is 4.98 Å². The minimum atomic E-state index is 0.921. The van der Waals surface area contributed by atoms with Gasteiger partial charge in [-0.25, -0.2) is 0 Å². The molecule has 0 amide bonds. The molecular weight excluding hydrogens is 304 g/mol. The molecule has 0 aliphatic heterocycles. The van der Waals surface area contributed by atoms with Gasteiger partial charge in [0.1, 0.15) is 0 Å². The SMILES string of the molecule is [Ga][n]1c(-c2cc3ccccc3cn2)nc2ccccc21. The third kappa shape index (κ3) is 1.77. The first-order chi connectivity index (χ1) is 9.83. The van der Waals surface area contributed by atoms with Crippen LogP contribution in [0.5, 0.6) is 0 Å². The Kier molecular flexibility index (Phi) is 2.65. The second-order valence-corrected chi connectivity index (χ2v) is 5.79. The predicted molar refractivity (Wildman–Crippen MR) is 81.6 cm³/mol. The van der Waals surface area contributed by atoms with Crippen molar-refractivity contribution in [2.24, 2.45) is 0 Å². The molecule has 92 valence electrons. The Morgan fingerprint density at radius 3 is 2.50 bits per heavy atom. The first-order valence-corrected chi connectivity index (χ1v) is 7.49. The summed E-state index contributed by atoms with van der Waals surface area (Å²) < 4.78 is 2.15. The Balaban J connectivity index is 1.98. The molecule has 0 bridgehead atoms. The van der Waals surface area contributed by atoms with Crippen molar-refractivity contribution in [3.8, 4) is 11.5 Å². The van der Waals surface area contributed by atoms with Gasteiger partial charge in [0.05, 0.1) is 0 Å². The zero-order chi connectivity index (χ0) is 13.5. The van der Waals surface area contributed by atoms with Gasteiger partial charge in [0.25, 0.3) is 0 Å². The molecule has 4 aromatic rings. The molecule has 4 heteroatoms. The Morgan fingerprint density at radius 1 is 0.900 bits per heavy atom. The van der Waals surface area contributed by atoms with Crippen LogP contribution in [0.15, 0.2) is 60.8 Å². The van der Waals surface area contributed by atoms with Crippen molar-refractivity contribution < 1.29 is 0 Å². The zero-order valence-corrected chi connectivity index (χ0v) is 13.1. The van der Waals surface area contributed by atoms with E-state index >= 15 is 0 Å². The number of benzene rings is 2. The average Bonchev–Trinajstić information content (AvgIpc) is 2.84. The van der Waals surface area contributed by atoms with Crippen LogP contribution in [0.1, 0.15) is 0 Å². The molecule has 4 rings (SSSR count). The van der Waals surface area contributed by atoms with E-state index in [9.17, 15) is 0 Å². The maximum atomic E-state index is 4.71. The van der Waals surface area contributed by atoms with Crippen LogP contribution in [0.25, 0.3) is 33.3 Å². The second kappa shape index (κ2) is 4.51. The third-order valence-electron chi connectivity index (χ3n) is 3.46. The molecule has 20 heavy (non-hydrogen) atoms. The number of para-hydroxylation sites is 2. The number of pyridine rings is 1. The van der Waals surface area contributed by atoms with Gasteiger partial charge in [-0.15, -0.1) is 0 Å². The molecule has 0 fully saturated rings. The molecule has 2 heterocycles. The van der Waals surface area contributed by atoms with Gasteiger partial charge in [-0.1, -0.05) is 0 Å². The fraction of sp³-hybridized carbons (Fsp3) is 0. The van der Waals surface area contributed by atoms with Crippen molar-refractivity contribution in [2.45, 2.75) is 0 Å². The number of hydrogen-bond donors (Lipinski definition) is 0. The normalized spacial score (nSPS) is 11.2. The van der Waals surface area contributed by atoms with E-state index in [2.05, 4.69) is 32.5 Å². The average molecular weight is 314 g/mol. The van der Waals surface area contributed by atoms with Crippen LogP contribution in [-0.4, -0.2) is 32.1 Å². The molecule has 0 unspecified atom stereocenters. The van der Waals surface area contributed by atoms with Gasteiger partial charge in [0.15, 0.2) is 0 Å². The minimum absolute atomic E-state index is 0.921. The summed E-state index contributed by atoms with van der Waals surface area (Å²) in [5, 5.41) is 2.34. The fourth-order valence-electron chi connectivity index (χ4n) is 2.43. The van der Waals surface area contributed by atoms with Crippen LogP contribution in [0, 0.1) is 0 Å². The summed E-state index contributed by atoms with van der Waals surface area (Å²) in [6.07, 6.45) is 1.91. The van der Waals surface area contributed by atoms with Crippen molar-refractivity contribution in [3.63, 3.8) is 0 Å². The van der Waals surface area contributed by atoms with Crippen LogP contribution in [0.4, 0.5) is 0 Å². The van der Waals surface area contributed by atoms with Gasteiger partial charge >= 0.3 is 126 Å². The quantitative estimate of drug-likeness (QED) is 0.505. The summed E-state index contributed by atoms with van der Waals surface area (Å²) >= 11 is 1.52. The standard InChI is InChI=1S/C16H10N3.Ga/c1-2-6-12-10-17-15(9-11(12)5-1)16-18-13-7-3-4-8-14(13)19-16;/h1-10H;/q-1;+1. The van der Waals surface area contributed by atoms with E-state index in [-0.39, 0.29) is 0 Å². The maximum absolute atomic E-state index is 4.71. The zero-order valence-electron chi connectivity index (χ0n) is 10.7. The van der Waals surface area contributed by atoms with Gasteiger partial charge in [-0.05, 0) is 0 Å². The van der Waals surface area contributed by atoms with Gasteiger partial charge in [-0.3, -0.25) is 0 Å². The van der Waals surface area contributed by atoms with Crippen LogP contribution in [0.2, 0.25) is 0 Å². The van der Waals surface area contributed by atoms with Crippen LogP contribution < -0.4 is 0 Å². The summed E-state index contributed by atoms with van der Waals surface area (Å²) in [7, 11) is 0. The number of fused-ring (bicyclic) bond motifs is 2. The molecule has 2 aromatic heterocycles. The molecule has 0 saturated carbocycles. The van der Waals surface area contributed by atoms with Crippen molar-refractivity contribution >= 4 is 40.6 Å². The van der Waals surface area contributed by atoms with E-state index in [0.717, 1.165) is 27.9 Å². The van der Waals surface area contributed by atoms with Gasteiger partial charge in [-0.2, -0.15) is 0 Å². The van der Waals surface area contributed by atoms with Gasteiger partial charge < -0.3 is 0 Å². The first kappa shape index (κ1) is 11.8. The van der Waals surface area contributed by atoms with Crippen LogP contribution in [0.3, 0.4) is 0 Å². The van der Waals surface area contributed by atoms with E-state index in [1.165, 1.54) is 24.2 Å². The van der Waals surface area contributed by atoms with Crippen molar-refractivity contribution in [1.82, 2.24) is 13.2 Å². The van der Waals surface area contributed by atoms with E-state index in [1.807, 2.05) is 36.5 Å². The number of nitrogens with zero attached hydrogens (tertiary/aromatic N) is 3. The molecule has 0 saturated heterocycles. The van der Waals surface area contributed by atoms with Crippen molar-refractivity contribution in [2.75, 3.05) is 0 Å². The molecule has 3 nitrogen and oxygen atoms in total. The molecule has 2 radical (unpaired) electrons. The van der Waals surface area contributed by atoms with E-state index in [1.54, 1.807) is 0 Å². The fourth-order valence-corrected chi connectivity index (χ4v) is 3.29. The summed E-state index contributed by atoms with van der Waals surface area (Å²) in [5.41, 5.74) is 3.09. The van der Waals surface area contributed by atoms with Crippen LogP contribution in [-0.2, 0) is 0 Å². The Hall–Kier alpha value is -2.04. The van der Waals surface area contributed by atoms with Crippen LogP contribution >= 0.6 is 0 Å². The molecule has 0 aliphatic carbocycles. The van der Waals surface area contributed by atoms with Crippen molar-refractivity contribution in [3.05, 3.63) is 60.8 Å². The molecule has 0 aliphatic rings. The molecule has 2 aromatic carbocycles. The monoisotopic (exact) mass is 313 g/mol. The second-order valence-electron chi connectivity index (χ2n) is 4.71. The Morgan fingerprint density at radius 2 is 1.65 bits per heavy atom. The molecule has 0 atom stereocenters. The Bertz CT molecular complexity index is 927. The summed E-state index contributed by atoms with van der Waals surface area (Å²) in [5.74, 6) is 0.928. The summed E-state index contributed by atoms with van der Waals surface area (Å²) in [4.78, 5) is 9.27. The summed E-state index contributed by atoms with van der Waals surface area (Å²) in [6, 6.07) is 18.5. The number of hydrogen-bond acceptors (Lipinski definition) is 2. The first-order valence-electron chi connectivity index (χ1n) is 6.41. The molecular formula is C16H10GaN3. The number of imidazole rings is 1. The number of rotatable bonds is 1. The summed E-state index contributed by atoms with van der Waals surface area (Å²) in [6.45, 7) is 0. The molecule has 0 N–H and O–H groups in total.